The number of halogens is 2. The van der Waals surface area contributed by atoms with E-state index in [4.69, 9.17) is 9.47 Å². The van der Waals surface area contributed by atoms with Crippen LogP contribution < -0.4 is 4.74 Å². The van der Waals surface area contributed by atoms with E-state index in [1.54, 1.807) is 45.0 Å². The van der Waals surface area contributed by atoms with Gasteiger partial charge >= 0.3 is 5.97 Å². The number of ether oxygens (including phenoxy) is 2. The molecule has 0 aromatic heterocycles. The molecule has 2 aromatic carbocycles. The molecule has 2 aromatic rings. The number of carbonyl (C=O) groups is 1. The Balaban J connectivity index is 1.62. The number of benzene rings is 2. The Kier molecular flexibility index (Phi) is 8.43. The highest BCUT2D eigenvalue weighted by Crippen LogP contribution is 2.29. The van der Waals surface area contributed by atoms with Gasteiger partial charge in [-0.05, 0) is 88.0 Å². The predicted molar refractivity (Wildman–Crippen MR) is 124 cm³/mol. The second-order valence-electron chi connectivity index (χ2n) is 9.14. The van der Waals surface area contributed by atoms with Gasteiger partial charge in [0.25, 0.3) is 0 Å². The van der Waals surface area contributed by atoms with Crippen LogP contribution in [0.3, 0.4) is 0 Å². The quantitative estimate of drug-likeness (QED) is 0.533. The molecule has 0 aliphatic carbocycles. The molecule has 1 N–H and O–H groups in total. The Morgan fingerprint density at radius 3 is 2.42 bits per heavy atom. The van der Waals surface area contributed by atoms with Crippen molar-refractivity contribution in [3.63, 3.8) is 0 Å². The smallest absolute Gasteiger partial charge is 0.341 e. The molecule has 33 heavy (non-hydrogen) atoms. The van der Waals surface area contributed by atoms with E-state index in [1.165, 1.54) is 12.1 Å². The Bertz CT molecular complexity index is 950. The first-order valence-electron chi connectivity index (χ1n) is 11.4. The maximum atomic E-state index is 14.4. The summed E-state index contributed by atoms with van der Waals surface area (Å²) < 4.78 is 39.1. The number of likely N-dealkylation sites (tertiary alicyclic amines) is 1. The van der Waals surface area contributed by atoms with Crippen LogP contribution in [-0.2, 0) is 11.3 Å². The molecule has 1 fully saturated rings. The highest BCUT2D eigenvalue weighted by Gasteiger charge is 2.25. The summed E-state index contributed by atoms with van der Waals surface area (Å²) in [5, 5.41) is 9.84. The maximum Gasteiger partial charge on any atom is 0.341 e. The lowest BCUT2D eigenvalue weighted by atomic mass is 9.96. The van der Waals surface area contributed by atoms with E-state index in [9.17, 15) is 18.7 Å². The summed E-state index contributed by atoms with van der Waals surface area (Å²) in [6.07, 6.45) is 1.88. The third kappa shape index (κ3) is 6.98. The Morgan fingerprint density at radius 2 is 1.82 bits per heavy atom. The lowest BCUT2D eigenvalue weighted by Crippen LogP contribution is -2.41. The minimum atomic E-state index is -1.19. The number of rotatable bonds is 9. The van der Waals surface area contributed by atoms with Crippen LogP contribution in [-0.4, -0.2) is 54.5 Å². The fourth-order valence-corrected chi connectivity index (χ4v) is 4.14. The number of carbonyl (C=O) groups excluding carboxylic acids is 1. The molecule has 0 bridgehead atoms. The molecule has 0 saturated carbocycles. The molecule has 0 unspecified atom stereocenters. The van der Waals surface area contributed by atoms with Crippen LogP contribution in [0.5, 0.6) is 5.75 Å². The fraction of sp³-hybridized carbons (Fsp3) is 0.500. The van der Waals surface area contributed by atoms with E-state index in [1.807, 2.05) is 0 Å². The number of alkyl halides is 1. The molecule has 0 radical (unpaired) electrons. The van der Waals surface area contributed by atoms with Gasteiger partial charge in [-0.1, -0.05) is 12.1 Å². The van der Waals surface area contributed by atoms with Gasteiger partial charge in [0.2, 0.25) is 0 Å². The van der Waals surface area contributed by atoms with Gasteiger partial charge < -0.3 is 19.5 Å². The van der Waals surface area contributed by atoms with E-state index in [0.29, 0.717) is 41.5 Å². The van der Waals surface area contributed by atoms with Crippen LogP contribution in [0.15, 0.2) is 36.4 Å². The number of hydrogen-bond donors (Lipinski definition) is 1. The minimum Gasteiger partial charge on any atom is -0.493 e. The van der Waals surface area contributed by atoms with Crippen molar-refractivity contribution >= 4 is 5.97 Å². The number of piperidine rings is 1. The van der Waals surface area contributed by atoms with Gasteiger partial charge in [0.05, 0.1) is 25.4 Å². The molecular formula is C26H33F2NO4. The van der Waals surface area contributed by atoms with E-state index >= 15 is 0 Å². The molecule has 5 nitrogen and oxygen atoms in total. The number of aliphatic hydroxyl groups excluding tert-OH is 1. The monoisotopic (exact) mass is 461 g/mol. The first kappa shape index (κ1) is 25.1. The molecule has 7 heteroatoms. The van der Waals surface area contributed by atoms with E-state index < -0.39 is 17.5 Å². The number of aliphatic hydroxyl groups is 1. The summed E-state index contributed by atoms with van der Waals surface area (Å²) in [5.74, 6) is -0.378. The molecule has 1 saturated heterocycles. The van der Waals surface area contributed by atoms with Gasteiger partial charge in [-0.2, -0.15) is 0 Å². The molecule has 180 valence electrons. The van der Waals surface area contributed by atoms with E-state index in [2.05, 4.69) is 4.90 Å². The summed E-state index contributed by atoms with van der Waals surface area (Å²) in [7, 11) is 0. The van der Waals surface area contributed by atoms with Crippen LogP contribution in [0.4, 0.5) is 8.78 Å². The first-order chi connectivity index (χ1) is 15.7. The van der Waals surface area contributed by atoms with E-state index in [-0.39, 0.29) is 18.8 Å². The average Bonchev–Trinajstić information content (AvgIpc) is 2.77. The standard InChI is InChI=1S/C26H33F2NO4/c1-4-32-25(31)22-7-5-20(14-23(22)27)19-6-8-24(21(13-19)15-30)33-16-18-9-11-29(12-10-18)17-26(2,3)28/h5-8,13-14,18,30H,4,9-12,15-17H2,1-3H3. The van der Waals surface area contributed by atoms with Crippen LogP contribution in [0.1, 0.15) is 49.5 Å². The number of nitrogens with zero attached hydrogens (tertiary/aromatic N) is 1. The van der Waals surface area contributed by atoms with Crippen molar-refractivity contribution in [2.45, 2.75) is 45.9 Å². The van der Waals surface area contributed by atoms with Gasteiger partial charge in [0.1, 0.15) is 17.2 Å². The average molecular weight is 462 g/mol. The molecule has 0 spiro atoms. The third-order valence-corrected chi connectivity index (χ3v) is 5.81. The summed E-state index contributed by atoms with van der Waals surface area (Å²) >= 11 is 0. The second-order valence-corrected chi connectivity index (χ2v) is 9.14. The highest BCUT2D eigenvalue weighted by molar-refractivity contribution is 5.90. The highest BCUT2D eigenvalue weighted by atomic mass is 19.1. The molecular weight excluding hydrogens is 428 g/mol. The molecule has 1 aliphatic rings. The van der Waals surface area contributed by atoms with E-state index in [0.717, 1.165) is 25.9 Å². The van der Waals surface area contributed by atoms with Crippen molar-refractivity contribution in [1.29, 1.82) is 0 Å². The summed E-state index contributed by atoms with van der Waals surface area (Å²) in [4.78, 5) is 14.0. The first-order valence-corrected chi connectivity index (χ1v) is 11.4. The zero-order valence-electron chi connectivity index (χ0n) is 19.6. The second kappa shape index (κ2) is 11.1. The zero-order valence-corrected chi connectivity index (χ0v) is 19.6. The molecule has 3 rings (SSSR count). The lowest BCUT2D eigenvalue weighted by Gasteiger charge is -2.34. The lowest BCUT2D eigenvalue weighted by molar-refractivity contribution is 0.0521. The third-order valence-electron chi connectivity index (χ3n) is 5.81. The number of esters is 1. The topological polar surface area (TPSA) is 59.0 Å². The van der Waals surface area contributed by atoms with Crippen LogP contribution in [0.2, 0.25) is 0 Å². The van der Waals surface area contributed by atoms with Gasteiger partial charge in [-0.3, -0.25) is 0 Å². The van der Waals surface area contributed by atoms with Gasteiger partial charge in [0.15, 0.2) is 0 Å². The Hall–Kier alpha value is -2.51. The van der Waals surface area contributed by atoms with Crippen molar-refractivity contribution in [3.05, 3.63) is 53.3 Å². The van der Waals surface area contributed by atoms with Crippen molar-refractivity contribution in [3.8, 4) is 16.9 Å². The molecule has 0 amide bonds. The van der Waals surface area contributed by atoms with Crippen molar-refractivity contribution < 1.29 is 28.2 Å². The fourth-order valence-electron chi connectivity index (χ4n) is 4.14. The van der Waals surface area contributed by atoms with Crippen LogP contribution in [0.25, 0.3) is 11.1 Å². The minimum absolute atomic E-state index is 0.107. The van der Waals surface area contributed by atoms with Gasteiger partial charge in [-0.25, -0.2) is 13.6 Å². The Labute approximate surface area is 194 Å². The van der Waals surface area contributed by atoms with Gasteiger partial charge in [0, 0.05) is 12.1 Å². The summed E-state index contributed by atoms with van der Waals surface area (Å²) in [5.41, 5.74) is 0.610. The summed E-state index contributed by atoms with van der Waals surface area (Å²) in [6.45, 7) is 7.51. The largest absolute Gasteiger partial charge is 0.493 e. The molecule has 1 aliphatic heterocycles. The Morgan fingerprint density at radius 1 is 1.15 bits per heavy atom. The predicted octanol–water partition coefficient (Wildman–Crippen LogP) is 5.00. The van der Waals surface area contributed by atoms with Crippen LogP contribution >= 0.6 is 0 Å². The van der Waals surface area contributed by atoms with Gasteiger partial charge in [-0.15, -0.1) is 0 Å². The summed E-state index contributed by atoms with van der Waals surface area (Å²) in [6, 6.07) is 9.69. The van der Waals surface area contributed by atoms with Crippen molar-refractivity contribution in [2.75, 3.05) is 32.8 Å². The van der Waals surface area contributed by atoms with Crippen molar-refractivity contribution in [1.82, 2.24) is 4.90 Å². The van der Waals surface area contributed by atoms with Crippen molar-refractivity contribution in [2.24, 2.45) is 5.92 Å². The zero-order chi connectivity index (χ0) is 24.0. The SMILES string of the molecule is CCOC(=O)c1ccc(-c2ccc(OCC3CCN(CC(C)(C)F)CC3)c(CO)c2)cc1F. The van der Waals surface area contributed by atoms with Crippen LogP contribution in [0, 0.1) is 11.7 Å². The normalized spacial score (nSPS) is 15.5. The number of hydrogen-bond acceptors (Lipinski definition) is 5. The molecule has 1 heterocycles. The molecule has 0 atom stereocenters. The maximum absolute atomic E-state index is 14.4.